The highest BCUT2D eigenvalue weighted by atomic mass is 35.5. The molecule has 0 aliphatic heterocycles. The van der Waals surface area contributed by atoms with Gasteiger partial charge in [0.1, 0.15) is 0 Å². The SMILES string of the molecule is CCCCc1ccc(CCl)nc1. The molecule has 1 aromatic heterocycles. The minimum Gasteiger partial charge on any atom is -0.260 e. The lowest BCUT2D eigenvalue weighted by Gasteiger charge is -1.99. The molecule has 1 nitrogen and oxygen atoms in total. The first-order valence-electron chi connectivity index (χ1n) is 4.36. The van der Waals surface area contributed by atoms with Gasteiger partial charge >= 0.3 is 0 Å². The molecule has 0 bridgehead atoms. The van der Waals surface area contributed by atoms with Gasteiger partial charge in [-0.3, -0.25) is 4.98 Å². The normalized spacial score (nSPS) is 10.2. The van der Waals surface area contributed by atoms with Crippen molar-refractivity contribution in [3.63, 3.8) is 0 Å². The van der Waals surface area contributed by atoms with Crippen LogP contribution in [0.5, 0.6) is 0 Å². The molecule has 0 unspecified atom stereocenters. The first kappa shape index (κ1) is 9.53. The van der Waals surface area contributed by atoms with Gasteiger partial charge in [-0.25, -0.2) is 0 Å². The second-order valence-corrected chi connectivity index (χ2v) is 3.16. The van der Waals surface area contributed by atoms with E-state index in [2.05, 4.69) is 18.0 Å². The first-order valence-corrected chi connectivity index (χ1v) is 4.90. The third-order valence-corrected chi connectivity index (χ3v) is 2.12. The quantitative estimate of drug-likeness (QED) is 0.654. The maximum atomic E-state index is 5.62. The van der Waals surface area contributed by atoms with Crippen molar-refractivity contribution in [1.82, 2.24) is 4.98 Å². The molecule has 2 heteroatoms. The molecular weight excluding hydrogens is 170 g/mol. The lowest BCUT2D eigenvalue weighted by Crippen LogP contribution is -1.89. The van der Waals surface area contributed by atoms with Gasteiger partial charge in [0, 0.05) is 6.20 Å². The highest BCUT2D eigenvalue weighted by molar-refractivity contribution is 6.16. The van der Waals surface area contributed by atoms with E-state index in [9.17, 15) is 0 Å². The lowest BCUT2D eigenvalue weighted by molar-refractivity contribution is 0.791. The molecule has 1 rings (SSSR count). The van der Waals surface area contributed by atoms with Crippen LogP contribution in [0, 0.1) is 0 Å². The number of aryl methyl sites for hydroxylation is 1. The Labute approximate surface area is 78.8 Å². The molecule has 1 heterocycles. The molecule has 12 heavy (non-hydrogen) atoms. The van der Waals surface area contributed by atoms with Crippen LogP contribution >= 0.6 is 11.6 Å². The highest BCUT2D eigenvalue weighted by Crippen LogP contribution is 2.06. The fourth-order valence-corrected chi connectivity index (χ4v) is 1.22. The summed E-state index contributed by atoms with van der Waals surface area (Å²) in [5, 5.41) is 0. The number of hydrogen-bond acceptors (Lipinski definition) is 1. The largest absolute Gasteiger partial charge is 0.260 e. The zero-order chi connectivity index (χ0) is 8.81. The van der Waals surface area contributed by atoms with Gasteiger partial charge in [0.2, 0.25) is 0 Å². The number of nitrogens with zero attached hydrogens (tertiary/aromatic N) is 1. The summed E-state index contributed by atoms with van der Waals surface area (Å²) in [5.41, 5.74) is 2.27. The Hall–Kier alpha value is -0.560. The molecular formula is C10H14ClN. The van der Waals surface area contributed by atoms with Crippen LogP contribution in [0.2, 0.25) is 0 Å². The zero-order valence-corrected chi connectivity index (χ0v) is 8.14. The van der Waals surface area contributed by atoms with Gasteiger partial charge in [-0.2, -0.15) is 0 Å². The van der Waals surface area contributed by atoms with E-state index in [1.165, 1.54) is 18.4 Å². The second kappa shape index (κ2) is 5.15. The number of halogens is 1. The van der Waals surface area contributed by atoms with Gasteiger partial charge in [0.05, 0.1) is 11.6 Å². The van der Waals surface area contributed by atoms with E-state index in [0.29, 0.717) is 5.88 Å². The first-order chi connectivity index (χ1) is 5.86. The summed E-state index contributed by atoms with van der Waals surface area (Å²) in [5.74, 6) is 0.508. The van der Waals surface area contributed by atoms with E-state index in [1.807, 2.05) is 12.3 Å². The summed E-state index contributed by atoms with van der Waals surface area (Å²) >= 11 is 5.62. The van der Waals surface area contributed by atoms with Crippen LogP contribution in [0.15, 0.2) is 18.3 Å². The molecule has 1 aromatic rings. The molecule has 66 valence electrons. The predicted octanol–water partition coefficient (Wildman–Crippen LogP) is 3.16. The molecule has 0 aliphatic carbocycles. The van der Waals surface area contributed by atoms with Crippen LogP contribution in [0.4, 0.5) is 0 Å². The number of pyridine rings is 1. The molecule has 0 amide bonds. The summed E-state index contributed by atoms with van der Waals surface area (Å²) in [6.45, 7) is 2.20. The Morgan fingerprint density at radius 2 is 2.25 bits per heavy atom. The third-order valence-electron chi connectivity index (χ3n) is 1.84. The Morgan fingerprint density at radius 3 is 2.75 bits per heavy atom. The molecule has 0 aliphatic rings. The third kappa shape index (κ3) is 2.82. The average Bonchev–Trinajstić information content (AvgIpc) is 2.15. The van der Waals surface area contributed by atoms with Crippen LogP contribution in [0.1, 0.15) is 31.0 Å². The van der Waals surface area contributed by atoms with Crippen molar-refractivity contribution >= 4 is 11.6 Å². The van der Waals surface area contributed by atoms with E-state index >= 15 is 0 Å². The molecule has 0 fully saturated rings. The molecule has 0 atom stereocenters. The lowest BCUT2D eigenvalue weighted by atomic mass is 10.1. The van der Waals surface area contributed by atoms with E-state index in [1.54, 1.807) is 0 Å². The molecule has 0 radical (unpaired) electrons. The standard InChI is InChI=1S/C10H14ClN/c1-2-3-4-9-5-6-10(7-11)12-8-9/h5-6,8H,2-4,7H2,1H3. The van der Waals surface area contributed by atoms with Crippen LogP contribution < -0.4 is 0 Å². The minimum atomic E-state index is 0.508. The van der Waals surface area contributed by atoms with E-state index in [4.69, 9.17) is 11.6 Å². The van der Waals surface area contributed by atoms with Crippen LogP contribution in [0.3, 0.4) is 0 Å². The topological polar surface area (TPSA) is 12.9 Å². The Morgan fingerprint density at radius 1 is 1.42 bits per heavy atom. The minimum absolute atomic E-state index is 0.508. The fourth-order valence-electron chi connectivity index (χ4n) is 1.06. The number of aromatic nitrogens is 1. The van der Waals surface area contributed by atoms with Crippen molar-refractivity contribution in [2.75, 3.05) is 0 Å². The number of alkyl halides is 1. The van der Waals surface area contributed by atoms with Crippen LogP contribution in [0.25, 0.3) is 0 Å². The molecule has 0 spiro atoms. The van der Waals surface area contributed by atoms with Crippen LogP contribution in [-0.2, 0) is 12.3 Å². The summed E-state index contributed by atoms with van der Waals surface area (Å²) in [6, 6.07) is 4.11. The monoisotopic (exact) mass is 183 g/mol. The maximum Gasteiger partial charge on any atom is 0.0647 e. The Balaban J connectivity index is 2.53. The van der Waals surface area contributed by atoms with Crippen molar-refractivity contribution in [3.8, 4) is 0 Å². The van der Waals surface area contributed by atoms with Crippen molar-refractivity contribution in [3.05, 3.63) is 29.6 Å². The maximum absolute atomic E-state index is 5.62. The van der Waals surface area contributed by atoms with Crippen LogP contribution in [-0.4, -0.2) is 4.98 Å². The summed E-state index contributed by atoms with van der Waals surface area (Å²) in [4.78, 5) is 4.22. The summed E-state index contributed by atoms with van der Waals surface area (Å²) < 4.78 is 0. The molecule has 0 aromatic carbocycles. The molecule has 0 N–H and O–H groups in total. The van der Waals surface area contributed by atoms with Gasteiger partial charge < -0.3 is 0 Å². The smallest absolute Gasteiger partial charge is 0.0647 e. The number of unbranched alkanes of at least 4 members (excludes halogenated alkanes) is 1. The number of hydrogen-bond donors (Lipinski definition) is 0. The zero-order valence-electron chi connectivity index (χ0n) is 7.39. The van der Waals surface area contributed by atoms with E-state index in [0.717, 1.165) is 12.1 Å². The Kier molecular flexibility index (Phi) is 4.09. The van der Waals surface area contributed by atoms with Gasteiger partial charge in [-0.1, -0.05) is 19.4 Å². The van der Waals surface area contributed by atoms with Crippen molar-refractivity contribution < 1.29 is 0 Å². The van der Waals surface area contributed by atoms with Gasteiger partial charge in [0.15, 0.2) is 0 Å². The molecule has 0 saturated carbocycles. The van der Waals surface area contributed by atoms with E-state index in [-0.39, 0.29) is 0 Å². The van der Waals surface area contributed by atoms with E-state index < -0.39 is 0 Å². The fraction of sp³-hybridized carbons (Fsp3) is 0.500. The van der Waals surface area contributed by atoms with Crippen molar-refractivity contribution in [1.29, 1.82) is 0 Å². The van der Waals surface area contributed by atoms with Gasteiger partial charge in [-0.05, 0) is 24.5 Å². The Bertz CT molecular complexity index is 218. The molecule has 0 saturated heterocycles. The van der Waals surface area contributed by atoms with Gasteiger partial charge in [0.25, 0.3) is 0 Å². The predicted molar refractivity (Wildman–Crippen MR) is 52.4 cm³/mol. The number of rotatable bonds is 4. The summed E-state index contributed by atoms with van der Waals surface area (Å²) in [6.07, 6.45) is 5.53. The average molecular weight is 184 g/mol. The van der Waals surface area contributed by atoms with Crippen molar-refractivity contribution in [2.24, 2.45) is 0 Å². The second-order valence-electron chi connectivity index (χ2n) is 2.89. The van der Waals surface area contributed by atoms with Gasteiger partial charge in [-0.15, -0.1) is 11.6 Å². The van der Waals surface area contributed by atoms with Crippen molar-refractivity contribution in [2.45, 2.75) is 32.1 Å². The summed E-state index contributed by atoms with van der Waals surface area (Å²) in [7, 11) is 0. The highest BCUT2D eigenvalue weighted by Gasteiger charge is 1.93.